The Labute approximate surface area is 121 Å². The Balaban J connectivity index is 1.90. The van der Waals surface area contributed by atoms with Crippen molar-refractivity contribution < 1.29 is 9.72 Å². The second-order valence-corrected chi connectivity index (χ2v) is 5.28. The summed E-state index contributed by atoms with van der Waals surface area (Å²) in [6, 6.07) is 4.25. The van der Waals surface area contributed by atoms with Crippen molar-refractivity contribution in [1.29, 1.82) is 0 Å². The van der Waals surface area contributed by atoms with E-state index in [1.165, 1.54) is 12.1 Å². The van der Waals surface area contributed by atoms with E-state index in [9.17, 15) is 14.9 Å². The van der Waals surface area contributed by atoms with Gasteiger partial charge in [0.2, 0.25) is 5.91 Å². The average molecular weight is 298 g/mol. The Morgan fingerprint density at radius 2 is 2.35 bits per heavy atom. The van der Waals surface area contributed by atoms with Gasteiger partial charge in [-0.2, -0.15) is 0 Å². The number of nitro benzene ring substituents is 1. The maximum atomic E-state index is 11.8. The van der Waals surface area contributed by atoms with Gasteiger partial charge in [0.25, 0.3) is 5.69 Å². The van der Waals surface area contributed by atoms with Gasteiger partial charge in [-0.3, -0.25) is 14.9 Å². The lowest BCUT2D eigenvalue weighted by Crippen LogP contribution is -2.15. The van der Waals surface area contributed by atoms with Crippen LogP contribution < -0.4 is 10.6 Å². The number of nitrogens with zero attached hydrogens (tertiary/aromatic N) is 1. The van der Waals surface area contributed by atoms with Crippen LogP contribution in [0.25, 0.3) is 0 Å². The first-order valence-electron chi connectivity index (χ1n) is 6.51. The second-order valence-electron chi connectivity index (χ2n) is 4.87. The molecule has 0 aliphatic carbocycles. The molecular weight excluding hydrogens is 282 g/mol. The van der Waals surface area contributed by atoms with E-state index in [1.807, 2.05) is 0 Å². The van der Waals surface area contributed by atoms with Gasteiger partial charge in [0.1, 0.15) is 5.02 Å². The van der Waals surface area contributed by atoms with Gasteiger partial charge in [-0.05, 0) is 44.0 Å². The smallest absolute Gasteiger partial charge is 0.289 e. The molecule has 1 aromatic rings. The molecule has 1 aromatic carbocycles. The molecule has 2 N–H and O–H groups in total. The normalized spacial score (nSPS) is 17.9. The highest BCUT2D eigenvalue weighted by Crippen LogP contribution is 2.27. The minimum atomic E-state index is -0.567. The van der Waals surface area contributed by atoms with Crippen LogP contribution in [0, 0.1) is 16.0 Å². The molecule has 0 saturated carbocycles. The first-order valence-corrected chi connectivity index (χ1v) is 6.88. The van der Waals surface area contributed by atoms with Crippen molar-refractivity contribution >= 4 is 28.9 Å². The summed E-state index contributed by atoms with van der Waals surface area (Å²) in [5.41, 5.74) is 0.195. The van der Waals surface area contributed by atoms with Crippen molar-refractivity contribution in [2.45, 2.75) is 19.3 Å². The molecule has 1 aliphatic rings. The number of anilines is 1. The van der Waals surface area contributed by atoms with Gasteiger partial charge in [0.05, 0.1) is 4.92 Å². The van der Waals surface area contributed by atoms with Gasteiger partial charge in [0, 0.05) is 18.2 Å². The maximum absolute atomic E-state index is 11.8. The fourth-order valence-electron chi connectivity index (χ4n) is 2.25. The molecule has 1 heterocycles. The topological polar surface area (TPSA) is 84.3 Å². The number of hydrogen-bond acceptors (Lipinski definition) is 4. The SMILES string of the molecule is O=C(CCC1CCNC1)Nc1ccc(Cl)c([N+](=O)[O-])c1. The Hall–Kier alpha value is -1.66. The van der Waals surface area contributed by atoms with Crippen molar-refractivity contribution in [3.05, 3.63) is 33.3 Å². The quantitative estimate of drug-likeness (QED) is 0.646. The third-order valence-electron chi connectivity index (χ3n) is 3.37. The van der Waals surface area contributed by atoms with Gasteiger partial charge >= 0.3 is 0 Å². The van der Waals surface area contributed by atoms with E-state index < -0.39 is 4.92 Å². The molecule has 0 radical (unpaired) electrons. The highest BCUT2D eigenvalue weighted by atomic mass is 35.5. The molecular formula is C13H16ClN3O3. The number of carbonyl (C=O) groups excluding carboxylic acids is 1. The number of nitrogens with one attached hydrogen (secondary N) is 2. The molecule has 0 spiro atoms. The molecule has 1 atom stereocenters. The summed E-state index contributed by atoms with van der Waals surface area (Å²) in [4.78, 5) is 22.0. The van der Waals surface area contributed by atoms with Crippen molar-refractivity contribution in [1.82, 2.24) is 5.32 Å². The molecule has 2 rings (SSSR count). The summed E-state index contributed by atoms with van der Waals surface area (Å²) in [6.07, 6.45) is 2.34. The Bertz CT molecular complexity index is 516. The summed E-state index contributed by atoms with van der Waals surface area (Å²) in [6.45, 7) is 1.97. The van der Waals surface area contributed by atoms with Gasteiger partial charge < -0.3 is 10.6 Å². The number of hydrogen-bond donors (Lipinski definition) is 2. The van der Waals surface area contributed by atoms with Gasteiger partial charge in [-0.1, -0.05) is 11.6 Å². The second kappa shape index (κ2) is 6.67. The zero-order chi connectivity index (χ0) is 14.5. The summed E-state index contributed by atoms with van der Waals surface area (Å²) in [5, 5.41) is 16.7. The third kappa shape index (κ3) is 3.91. The minimum absolute atomic E-state index is 0.0602. The average Bonchev–Trinajstić information content (AvgIpc) is 2.91. The Kier molecular flexibility index (Phi) is 4.92. The number of amides is 1. The molecule has 1 unspecified atom stereocenters. The van der Waals surface area contributed by atoms with Crippen LogP contribution in [0.5, 0.6) is 0 Å². The van der Waals surface area contributed by atoms with Crippen LogP contribution in [-0.4, -0.2) is 23.9 Å². The van der Waals surface area contributed by atoms with Crippen LogP contribution in [0.1, 0.15) is 19.3 Å². The Morgan fingerprint density at radius 1 is 1.55 bits per heavy atom. The van der Waals surface area contributed by atoms with Crippen molar-refractivity contribution in [3.63, 3.8) is 0 Å². The van der Waals surface area contributed by atoms with E-state index in [1.54, 1.807) is 6.07 Å². The lowest BCUT2D eigenvalue weighted by atomic mass is 10.0. The summed E-state index contributed by atoms with van der Waals surface area (Å²) >= 11 is 5.71. The molecule has 1 aliphatic heterocycles. The predicted octanol–water partition coefficient (Wildman–Crippen LogP) is 2.58. The van der Waals surface area contributed by atoms with E-state index >= 15 is 0 Å². The third-order valence-corrected chi connectivity index (χ3v) is 3.69. The summed E-state index contributed by atoms with van der Waals surface area (Å²) in [5.74, 6) is 0.411. The Morgan fingerprint density at radius 3 is 3.00 bits per heavy atom. The van der Waals surface area contributed by atoms with E-state index in [0.717, 1.165) is 25.9 Å². The zero-order valence-corrected chi connectivity index (χ0v) is 11.7. The predicted molar refractivity (Wildman–Crippen MR) is 76.9 cm³/mol. The fraction of sp³-hybridized carbons (Fsp3) is 0.462. The molecule has 0 bridgehead atoms. The molecule has 1 saturated heterocycles. The van der Waals surface area contributed by atoms with Crippen molar-refractivity contribution in [3.8, 4) is 0 Å². The highest BCUT2D eigenvalue weighted by Gasteiger charge is 2.17. The van der Waals surface area contributed by atoms with E-state index in [-0.39, 0.29) is 16.6 Å². The van der Waals surface area contributed by atoms with E-state index in [2.05, 4.69) is 10.6 Å². The van der Waals surface area contributed by atoms with Gasteiger partial charge in [-0.15, -0.1) is 0 Å². The van der Waals surface area contributed by atoms with Crippen molar-refractivity contribution in [2.24, 2.45) is 5.92 Å². The first-order chi connectivity index (χ1) is 9.56. The van der Waals surface area contributed by atoms with Crippen LogP contribution in [-0.2, 0) is 4.79 Å². The van der Waals surface area contributed by atoms with E-state index in [4.69, 9.17) is 11.6 Å². The molecule has 20 heavy (non-hydrogen) atoms. The van der Waals surface area contributed by atoms with Crippen LogP contribution in [0.3, 0.4) is 0 Å². The van der Waals surface area contributed by atoms with Crippen LogP contribution in [0.2, 0.25) is 5.02 Å². The lowest BCUT2D eigenvalue weighted by Gasteiger charge is -2.09. The van der Waals surface area contributed by atoms with Crippen LogP contribution in [0.4, 0.5) is 11.4 Å². The van der Waals surface area contributed by atoms with Crippen LogP contribution >= 0.6 is 11.6 Å². The number of benzene rings is 1. The van der Waals surface area contributed by atoms with Crippen molar-refractivity contribution in [2.75, 3.05) is 18.4 Å². The fourth-order valence-corrected chi connectivity index (χ4v) is 2.44. The minimum Gasteiger partial charge on any atom is -0.326 e. The monoisotopic (exact) mass is 297 g/mol. The van der Waals surface area contributed by atoms with Gasteiger partial charge in [-0.25, -0.2) is 0 Å². The summed E-state index contributed by atoms with van der Waals surface area (Å²) in [7, 11) is 0. The highest BCUT2D eigenvalue weighted by molar-refractivity contribution is 6.32. The largest absolute Gasteiger partial charge is 0.326 e. The zero-order valence-electron chi connectivity index (χ0n) is 10.9. The first kappa shape index (κ1) is 14.7. The lowest BCUT2D eigenvalue weighted by molar-refractivity contribution is -0.384. The summed E-state index contributed by atoms with van der Waals surface area (Å²) < 4.78 is 0. The molecule has 7 heteroatoms. The molecule has 108 valence electrons. The number of halogens is 1. The number of rotatable bonds is 5. The number of nitro groups is 1. The van der Waals surface area contributed by atoms with Gasteiger partial charge in [0.15, 0.2) is 0 Å². The standard InChI is InChI=1S/C13H16ClN3O3/c14-11-3-2-10(7-12(11)17(19)20)16-13(18)4-1-9-5-6-15-8-9/h2-3,7,9,15H,1,4-6,8H2,(H,16,18). The maximum Gasteiger partial charge on any atom is 0.289 e. The van der Waals surface area contributed by atoms with E-state index in [0.29, 0.717) is 18.0 Å². The molecule has 6 nitrogen and oxygen atoms in total. The number of carbonyl (C=O) groups is 1. The van der Waals surface area contributed by atoms with Crippen LogP contribution in [0.15, 0.2) is 18.2 Å². The molecule has 1 fully saturated rings. The molecule has 1 amide bonds. The molecule has 0 aromatic heterocycles.